The van der Waals surface area contributed by atoms with Gasteiger partial charge in [-0.3, -0.25) is 9.69 Å². The third-order valence-electron chi connectivity index (χ3n) is 4.81. The smallest absolute Gasteiger partial charge is 0.338 e. The van der Waals surface area contributed by atoms with Crippen LogP contribution in [0.2, 0.25) is 0 Å². The number of nitrogens with zero attached hydrogens (tertiary/aromatic N) is 2. The SMILES string of the molecule is CCN1C(=O)/C(=C\c2ccc(-c3cccc(C(=O)OC(C)C)c3)o2)SC1=Nc1ccccc1. The predicted octanol–water partition coefficient (Wildman–Crippen LogP) is 6.14. The highest BCUT2D eigenvalue weighted by Crippen LogP contribution is 2.35. The third-order valence-corrected chi connectivity index (χ3v) is 5.82. The van der Waals surface area contributed by atoms with E-state index in [0.29, 0.717) is 33.7 Å². The number of amides is 1. The van der Waals surface area contributed by atoms with Gasteiger partial charge in [0.2, 0.25) is 0 Å². The van der Waals surface area contributed by atoms with Crippen molar-refractivity contribution >= 4 is 40.6 Å². The largest absolute Gasteiger partial charge is 0.459 e. The van der Waals surface area contributed by atoms with Gasteiger partial charge < -0.3 is 9.15 Å². The second-order valence-corrected chi connectivity index (χ2v) is 8.64. The van der Waals surface area contributed by atoms with Crippen LogP contribution in [0.1, 0.15) is 36.9 Å². The Labute approximate surface area is 197 Å². The maximum atomic E-state index is 12.9. The molecule has 0 radical (unpaired) electrons. The van der Waals surface area contributed by atoms with E-state index in [1.54, 1.807) is 35.2 Å². The van der Waals surface area contributed by atoms with Crippen LogP contribution in [0.25, 0.3) is 17.4 Å². The Kier molecular flexibility index (Phi) is 6.79. The van der Waals surface area contributed by atoms with E-state index >= 15 is 0 Å². The first-order chi connectivity index (χ1) is 15.9. The van der Waals surface area contributed by atoms with E-state index in [2.05, 4.69) is 4.99 Å². The monoisotopic (exact) mass is 460 g/mol. The van der Waals surface area contributed by atoms with E-state index in [1.807, 2.05) is 63.2 Å². The van der Waals surface area contributed by atoms with Gasteiger partial charge in [0, 0.05) is 18.2 Å². The van der Waals surface area contributed by atoms with Crippen LogP contribution >= 0.6 is 11.8 Å². The lowest BCUT2D eigenvalue weighted by Gasteiger charge is -2.11. The molecular weight excluding hydrogens is 436 g/mol. The van der Waals surface area contributed by atoms with Crippen molar-refractivity contribution < 1.29 is 18.7 Å². The molecule has 0 unspecified atom stereocenters. The molecule has 2 aromatic carbocycles. The molecule has 168 valence electrons. The number of ether oxygens (including phenoxy) is 1. The number of esters is 1. The van der Waals surface area contributed by atoms with Gasteiger partial charge in [0.25, 0.3) is 5.91 Å². The van der Waals surface area contributed by atoms with E-state index in [4.69, 9.17) is 9.15 Å². The van der Waals surface area contributed by atoms with E-state index < -0.39 is 0 Å². The van der Waals surface area contributed by atoms with Crippen LogP contribution in [0.5, 0.6) is 0 Å². The average molecular weight is 461 g/mol. The summed E-state index contributed by atoms with van der Waals surface area (Å²) in [6, 6.07) is 20.3. The van der Waals surface area contributed by atoms with E-state index in [0.717, 1.165) is 11.3 Å². The molecule has 1 aliphatic rings. The molecule has 1 aliphatic heterocycles. The van der Waals surface area contributed by atoms with Gasteiger partial charge in [-0.1, -0.05) is 30.3 Å². The first-order valence-corrected chi connectivity index (χ1v) is 11.5. The fraction of sp³-hybridized carbons (Fsp3) is 0.192. The molecule has 33 heavy (non-hydrogen) atoms. The lowest BCUT2D eigenvalue weighted by Crippen LogP contribution is -2.28. The molecule has 0 saturated carbocycles. The van der Waals surface area contributed by atoms with Gasteiger partial charge in [0.05, 0.1) is 22.3 Å². The van der Waals surface area contributed by atoms with E-state index in [1.165, 1.54) is 11.8 Å². The summed E-state index contributed by atoms with van der Waals surface area (Å²) in [5.41, 5.74) is 2.01. The van der Waals surface area contributed by atoms with Gasteiger partial charge in [-0.2, -0.15) is 0 Å². The number of likely N-dealkylation sites (N-methyl/N-ethyl adjacent to an activating group) is 1. The molecule has 0 atom stereocenters. The van der Waals surface area contributed by atoms with Gasteiger partial charge >= 0.3 is 5.97 Å². The maximum absolute atomic E-state index is 12.9. The molecule has 1 fully saturated rings. The summed E-state index contributed by atoms with van der Waals surface area (Å²) < 4.78 is 11.2. The Bertz CT molecular complexity index is 1230. The zero-order valence-electron chi connectivity index (χ0n) is 18.6. The van der Waals surface area contributed by atoms with Gasteiger partial charge in [0.15, 0.2) is 5.17 Å². The number of thioether (sulfide) groups is 1. The minimum Gasteiger partial charge on any atom is -0.459 e. The summed E-state index contributed by atoms with van der Waals surface area (Å²) >= 11 is 1.32. The minimum absolute atomic E-state index is 0.103. The second-order valence-electron chi connectivity index (χ2n) is 7.63. The van der Waals surface area contributed by atoms with Crippen LogP contribution in [0, 0.1) is 0 Å². The Morgan fingerprint density at radius 3 is 2.64 bits per heavy atom. The van der Waals surface area contributed by atoms with Crippen molar-refractivity contribution in [3.63, 3.8) is 0 Å². The normalized spacial score (nSPS) is 16.2. The first-order valence-electron chi connectivity index (χ1n) is 10.7. The zero-order chi connectivity index (χ0) is 23.4. The number of carbonyl (C=O) groups excluding carboxylic acids is 2. The number of carbonyl (C=O) groups is 2. The minimum atomic E-state index is -0.376. The van der Waals surface area contributed by atoms with Crippen molar-refractivity contribution in [3.8, 4) is 11.3 Å². The van der Waals surface area contributed by atoms with Crippen LogP contribution in [0.3, 0.4) is 0 Å². The number of furan rings is 1. The Balaban J connectivity index is 1.57. The molecule has 0 aliphatic carbocycles. The van der Waals surface area contributed by atoms with Crippen molar-refractivity contribution in [2.75, 3.05) is 6.54 Å². The van der Waals surface area contributed by atoms with Crippen LogP contribution in [-0.2, 0) is 9.53 Å². The highest BCUT2D eigenvalue weighted by molar-refractivity contribution is 8.18. The molecule has 0 spiro atoms. The van der Waals surface area contributed by atoms with Crippen LogP contribution in [0.15, 0.2) is 81.0 Å². The molecule has 2 heterocycles. The number of para-hydroxylation sites is 1. The summed E-state index contributed by atoms with van der Waals surface area (Å²) in [7, 11) is 0. The molecule has 1 aromatic heterocycles. The lowest BCUT2D eigenvalue weighted by atomic mass is 10.1. The topological polar surface area (TPSA) is 72.1 Å². The molecule has 1 amide bonds. The quantitative estimate of drug-likeness (QED) is 0.327. The summed E-state index contributed by atoms with van der Waals surface area (Å²) in [6.07, 6.45) is 1.53. The molecular formula is C26H24N2O4S. The summed E-state index contributed by atoms with van der Waals surface area (Å²) in [6.45, 7) is 6.07. The standard InChI is InChI=1S/C26H24N2O4S/c1-4-28-24(29)23(33-26(28)27-20-11-6-5-7-12-20)16-21-13-14-22(32-21)18-9-8-10-19(15-18)25(30)31-17(2)3/h5-17H,4H2,1-3H3/b23-16+,27-26?. The molecule has 1 saturated heterocycles. The van der Waals surface area contributed by atoms with Gasteiger partial charge in [-0.15, -0.1) is 0 Å². The third kappa shape index (κ3) is 5.26. The van der Waals surface area contributed by atoms with Crippen molar-refractivity contribution in [3.05, 3.63) is 83.0 Å². The van der Waals surface area contributed by atoms with E-state index in [-0.39, 0.29) is 18.0 Å². The molecule has 0 bridgehead atoms. The summed E-state index contributed by atoms with van der Waals surface area (Å²) in [4.78, 5) is 31.9. The molecule has 4 rings (SSSR count). The van der Waals surface area contributed by atoms with Crippen LogP contribution in [-0.4, -0.2) is 34.6 Å². The van der Waals surface area contributed by atoms with Crippen LogP contribution < -0.4 is 0 Å². The highest BCUT2D eigenvalue weighted by Gasteiger charge is 2.32. The van der Waals surface area contributed by atoms with Crippen molar-refractivity contribution in [1.82, 2.24) is 4.90 Å². The van der Waals surface area contributed by atoms with Crippen LogP contribution in [0.4, 0.5) is 5.69 Å². The number of hydrogen-bond donors (Lipinski definition) is 0. The number of rotatable bonds is 6. The lowest BCUT2D eigenvalue weighted by molar-refractivity contribution is -0.122. The van der Waals surface area contributed by atoms with Gasteiger partial charge in [-0.05, 0) is 68.9 Å². The van der Waals surface area contributed by atoms with Crippen molar-refractivity contribution in [1.29, 1.82) is 0 Å². The first kappa shape index (κ1) is 22.6. The van der Waals surface area contributed by atoms with Gasteiger partial charge in [0.1, 0.15) is 11.5 Å². The Morgan fingerprint density at radius 2 is 1.91 bits per heavy atom. The predicted molar refractivity (Wildman–Crippen MR) is 131 cm³/mol. The fourth-order valence-electron chi connectivity index (χ4n) is 3.28. The highest BCUT2D eigenvalue weighted by atomic mass is 32.2. The summed E-state index contributed by atoms with van der Waals surface area (Å²) in [5.74, 6) is 0.669. The summed E-state index contributed by atoms with van der Waals surface area (Å²) in [5, 5.41) is 0.642. The van der Waals surface area contributed by atoms with E-state index in [9.17, 15) is 9.59 Å². The fourth-order valence-corrected chi connectivity index (χ4v) is 4.32. The molecule has 7 heteroatoms. The molecule has 6 nitrogen and oxygen atoms in total. The Hall–Kier alpha value is -3.58. The maximum Gasteiger partial charge on any atom is 0.338 e. The second kappa shape index (κ2) is 9.92. The zero-order valence-corrected chi connectivity index (χ0v) is 19.5. The molecule has 3 aromatic rings. The van der Waals surface area contributed by atoms with Crippen molar-refractivity contribution in [2.24, 2.45) is 4.99 Å². The molecule has 0 N–H and O–H groups in total. The van der Waals surface area contributed by atoms with Gasteiger partial charge in [-0.25, -0.2) is 9.79 Å². The number of benzene rings is 2. The number of hydrogen-bond acceptors (Lipinski definition) is 6. The average Bonchev–Trinajstić information content (AvgIpc) is 3.39. The number of amidine groups is 1. The number of aliphatic imine (C=N–C) groups is 1. The van der Waals surface area contributed by atoms with Crippen molar-refractivity contribution in [2.45, 2.75) is 26.9 Å². The Morgan fingerprint density at radius 1 is 1.12 bits per heavy atom.